The van der Waals surface area contributed by atoms with E-state index >= 15 is 4.39 Å². The largest absolute Gasteiger partial charge is 0.444 e. The Morgan fingerprint density at radius 2 is 1.60 bits per heavy atom. The number of ether oxygens (including phenoxy) is 2. The van der Waals surface area contributed by atoms with E-state index in [1.165, 1.54) is 18.3 Å². The lowest BCUT2D eigenvalue weighted by molar-refractivity contribution is -0.0357. The zero-order valence-corrected chi connectivity index (χ0v) is 26.5. The summed E-state index contributed by atoms with van der Waals surface area (Å²) in [6.45, 7) is 17.9. The number of hydrogen-bond donors (Lipinski definition) is 1. The van der Waals surface area contributed by atoms with Crippen molar-refractivity contribution in [1.82, 2.24) is 24.6 Å². The number of aliphatic hydroxyl groups is 1. The Morgan fingerprint density at radius 3 is 2.14 bits per heavy atom. The minimum absolute atomic E-state index is 0.0720. The van der Waals surface area contributed by atoms with E-state index in [9.17, 15) is 14.7 Å². The number of aromatic nitrogens is 3. The quantitative estimate of drug-likeness (QED) is 0.472. The van der Waals surface area contributed by atoms with Crippen molar-refractivity contribution in [2.24, 2.45) is 0 Å². The number of rotatable bonds is 3. The fraction of sp³-hybridized carbons (Fsp3) is 0.677. The molecule has 2 fully saturated rings. The third kappa shape index (κ3) is 6.71. The SMILES string of the molecule is Cc1c(C2(O)CCN(C(=O)OC(C)(C)C)CC2)c(-c2ncccc2F)nn1C1CCN(C(=O)OC(C)(C)C)C(C)(C)C1. The van der Waals surface area contributed by atoms with Gasteiger partial charge < -0.3 is 24.4 Å². The summed E-state index contributed by atoms with van der Waals surface area (Å²) < 4.78 is 28.2. The van der Waals surface area contributed by atoms with E-state index in [0.29, 0.717) is 30.6 Å². The van der Waals surface area contributed by atoms with Crippen LogP contribution in [0.15, 0.2) is 18.3 Å². The molecule has 0 aliphatic carbocycles. The maximum atomic E-state index is 15.1. The van der Waals surface area contributed by atoms with Gasteiger partial charge in [-0.05, 0) is 100 Å². The molecule has 2 amide bonds. The number of pyridine rings is 1. The number of hydrogen-bond acceptors (Lipinski definition) is 7. The van der Waals surface area contributed by atoms with E-state index in [-0.39, 0.29) is 43.8 Å². The highest BCUT2D eigenvalue weighted by Gasteiger charge is 2.45. The molecule has 2 aromatic heterocycles. The summed E-state index contributed by atoms with van der Waals surface area (Å²) in [5, 5.41) is 17.0. The van der Waals surface area contributed by atoms with Crippen LogP contribution in [0.5, 0.6) is 0 Å². The highest BCUT2D eigenvalue weighted by atomic mass is 19.1. The smallest absolute Gasteiger partial charge is 0.410 e. The monoisotopic (exact) mass is 587 g/mol. The van der Waals surface area contributed by atoms with Gasteiger partial charge in [0.15, 0.2) is 5.82 Å². The first kappa shape index (κ1) is 31.7. The van der Waals surface area contributed by atoms with E-state index < -0.39 is 34.3 Å². The summed E-state index contributed by atoms with van der Waals surface area (Å²) in [6.07, 6.45) is 2.40. The molecule has 1 N–H and O–H groups in total. The van der Waals surface area contributed by atoms with Gasteiger partial charge in [-0.2, -0.15) is 5.10 Å². The zero-order chi connectivity index (χ0) is 31.3. The van der Waals surface area contributed by atoms with Crippen molar-refractivity contribution >= 4 is 12.2 Å². The van der Waals surface area contributed by atoms with Crippen LogP contribution in [0.3, 0.4) is 0 Å². The molecular formula is C31H46FN5O5. The van der Waals surface area contributed by atoms with Crippen molar-refractivity contribution < 1.29 is 28.6 Å². The van der Waals surface area contributed by atoms with Crippen molar-refractivity contribution in [3.8, 4) is 11.4 Å². The molecule has 2 aliphatic rings. The first-order chi connectivity index (χ1) is 19.3. The lowest BCUT2D eigenvalue weighted by Crippen LogP contribution is -2.54. The maximum absolute atomic E-state index is 15.1. The van der Waals surface area contributed by atoms with Crippen LogP contribution in [-0.4, -0.2) is 78.2 Å². The van der Waals surface area contributed by atoms with Gasteiger partial charge in [-0.3, -0.25) is 9.67 Å². The van der Waals surface area contributed by atoms with Gasteiger partial charge >= 0.3 is 12.2 Å². The van der Waals surface area contributed by atoms with Gasteiger partial charge in [0, 0.05) is 42.6 Å². The highest BCUT2D eigenvalue weighted by molar-refractivity contribution is 5.70. The summed E-state index contributed by atoms with van der Waals surface area (Å²) >= 11 is 0. The van der Waals surface area contributed by atoms with Crippen molar-refractivity contribution in [2.75, 3.05) is 19.6 Å². The van der Waals surface area contributed by atoms with E-state index in [0.717, 1.165) is 5.69 Å². The van der Waals surface area contributed by atoms with Crippen LogP contribution in [0.25, 0.3) is 11.4 Å². The third-order valence-corrected chi connectivity index (χ3v) is 7.95. The molecule has 1 unspecified atom stereocenters. The summed E-state index contributed by atoms with van der Waals surface area (Å²) in [5.41, 5.74) is -1.50. The summed E-state index contributed by atoms with van der Waals surface area (Å²) in [5.74, 6) is -0.529. The molecule has 0 bridgehead atoms. The number of piperidine rings is 2. The first-order valence-electron chi connectivity index (χ1n) is 14.7. The molecular weight excluding hydrogens is 541 g/mol. The highest BCUT2D eigenvalue weighted by Crippen LogP contribution is 2.43. The third-order valence-electron chi connectivity index (χ3n) is 7.95. The molecule has 232 valence electrons. The van der Waals surface area contributed by atoms with E-state index in [2.05, 4.69) is 4.98 Å². The molecule has 2 saturated heterocycles. The van der Waals surface area contributed by atoms with Crippen LogP contribution >= 0.6 is 0 Å². The average molecular weight is 588 g/mol. The van der Waals surface area contributed by atoms with Crippen LogP contribution in [0, 0.1) is 12.7 Å². The van der Waals surface area contributed by atoms with Crippen LogP contribution in [0.1, 0.15) is 98.4 Å². The molecule has 1 atom stereocenters. The van der Waals surface area contributed by atoms with Gasteiger partial charge in [-0.15, -0.1) is 0 Å². The van der Waals surface area contributed by atoms with Crippen LogP contribution in [0.2, 0.25) is 0 Å². The molecule has 0 radical (unpaired) electrons. The van der Waals surface area contributed by atoms with Crippen molar-refractivity contribution in [2.45, 2.75) is 116 Å². The second-order valence-corrected chi connectivity index (χ2v) is 14.2. The molecule has 4 rings (SSSR count). The molecule has 4 heterocycles. The fourth-order valence-corrected chi connectivity index (χ4v) is 6.03. The average Bonchev–Trinajstić information content (AvgIpc) is 3.19. The predicted octanol–water partition coefficient (Wildman–Crippen LogP) is 5.96. The molecule has 2 aliphatic heterocycles. The zero-order valence-electron chi connectivity index (χ0n) is 26.5. The van der Waals surface area contributed by atoms with Crippen molar-refractivity contribution in [1.29, 1.82) is 0 Å². The Balaban J connectivity index is 1.67. The summed E-state index contributed by atoms with van der Waals surface area (Å²) in [7, 11) is 0. The molecule has 0 spiro atoms. The Hall–Kier alpha value is -3.21. The number of carbonyl (C=O) groups excluding carboxylic acids is 2. The summed E-state index contributed by atoms with van der Waals surface area (Å²) in [6, 6.07) is 2.74. The first-order valence-corrected chi connectivity index (χ1v) is 14.7. The van der Waals surface area contributed by atoms with Gasteiger partial charge in [0.25, 0.3) is 0 Å². The summed E-state index contributed by atoms with van der Waals surface area (Å²) in [4.78, 5) is 33.3. The lowest BCUT2D eigenvalue weighted by atomic mass is 9.82. The lowest BCUT2D eigenvalue weighted by Gasteiger charge is -2.45. The normalized spacial score (nSPS) is 20.8. The number of amides is 2. The van der Waals surface area contributed by atoms with Crippen molar-refractivity contribution in [3.05, 3.63) is 35.4 Å². The maximum Gasteiger partial charge on any atom is 0.410 e. The minimum atomic E-state index is -1.35. The molecule has 0 saturated carbocycles. The fourth-order valence-electron chi connectivity index (χ4n) is 6.03. The number of carbonyl (C=O) groups is 2. The van der Waals surface area contributed by atoms with Crippen LogP contribution < -0.4 is 0 Å². The van der Waals surface area contributed by atoms with E-state index in [4.69, 9.17) is 14.6 Å². The Labute approximate surface area is 248 Å². The van der Waals surface area contributed by atoms with Gasteiger partial charge in [-0.1, -0.05) is 0 Å². The standard InChI is InChI=1S/C31H46FN5O5/c1-20-23(31(40)13-17-35(18-14-31)26(38)41-28(2,3)4)25(24-22(32)11-10-15-33-24)34-37(20)21-12-16-36(30(8,9)19-21)27(39)42-29(5,6)7/h10-11,15,21,40H,12-14,16-19H2,1-9H3. The second-order valence-electron chi connectivity index (χ2n) is 14.2. The van der Waals surface area contributed by atoms with Gasteiger partial charge in [-0.25, -0.2) is 14.0 Å². The second kappa shape index (κ2) is 11.1. The van der Waals surface area contributed by atoms with Gasteiger partial charge in [0.1, 0.15) is 22.6 Å². The molecule has 10 nitrogen and oxygen atoms in total. The molecule has 0 aromatic carbocycles. The molecule has 2 aromatic rings. The van der Waals surface area contributed by atoms with E-state index in [1.54, 1.807) is 9.80 Å². The number of nitrogens with zero attached hydrogens (tertiary/aromatic N) is 5. The number of halogens is 1. The van der Waals surface area contributed by atoms with E-state index in [1.807, 2.05) is 67.0 Å². The topological polar surface area (TPSA) is 110 Å². The Kier molecular flexibility index (Phi) is 8.41. The molecule has 42 heavy (non-hydrogen) atoms. The van der Waals surface area contributed by atoms with Gasteiger partial charge in [0.2, 0.25) is 0 Å². The Bertz CT molecular complexity index is 1320. The van der Waals surface area contributed by atoms with Crippen molar-refractivity contribution in [3.63, 3.8) is 0 Å². The predicted molar refractivity (Wildman–Crippen MR) is 156 cm³/mol. The van der Waals surface area contributed by atoms with Gasteiger partial charge in [0.05, 0.1) is 11.6 Å². The molecule has 11 heteroatoms. The van der Waals surface area contributed by atoms with Crippen LogP contribution in [0.4, 0.5) is 14.0 Å². The minimum Gasteiger partial charge on any atom is -0.444 e. The number of likely N-dealkylation sites (tertiary alicyclic amines) is 2. The van der Waals surface area contributed by atoms with Crippen LogP contribution in [-0.2, 0) is 15.1 Å². The Morgan fingerprint density at radius 1 is 1.00 bits per heavy atom.